The number of nitro groups is 1. The van der Waals surface area contributed by atoms with Gasteiger partial charge in [-0.15, -0.1) is 0 Å². The van der Waals surface area contributed by atoms with Crippen LogP contribution in [-0.4, -0.2) is 28.9 Å². The molecule has 1 aromatic carbocycles. The Hall–Kier alpha value is -2.54. The van der Waals surface area contributed by atoms with E-state index in [0.29, 0.717) is 23.2 Å². The van der Waals surface area contributed by atoms with Crippen molar-refractivity contribution >= 4 is 11.5 Å². The maximum absolute atomic E-state index is 14.0. The minimum Gasteiger partial charge on any atom is -0.360 e. The predicted molar refractivity (Wildman–Crippen MR) is 86.7 cm³/mol. The lowest BCUT2D eigenvalue weighted by Gasteiger charge is -2.12. The van der Waals surface area contributed by atoms with Crippen molar-refractivity contribution in [2.24, 2.45) is 0 Å². The fourth-order valence-electron chi connectivity index (χ4n) is 2.27. The third kappa shape index (κ3) is 4.23. The summed E-state index contributed by atoms with van der Waals surface area (Å²) in [5.41, 5.74) is 1.78. The van der Waals surface area contributed by atoms with E-state index in [1.54, 1.807) is 25.1 Å². The Morgan fingerprint density at radius 2 is 2.09 bits per heavy atom. The number of pyridine rings is 1. The number of anilines is 1. The van der Waals surface area contributed by atoms with Gasteiger partial charge in [-0.05, 0) is 38.7 Å². The standard InChI is InChI=1S/C16H19FN4O2/c1-11-6-7-18-16(15(11)21(22)23)19-9-12-4-5-13(10-20(2)3)14(17)8-12/h4-8H,9-10H2,1-3H3,(H,18,19). The molecule has 122 valence electrons. The largest absolute Gasteiger partial charge is 0.360 e. The van der Waals surface area contributed by atoms with Crippen LogP contribution in [0.25, 0.3) is 0 Å². The summed E-state index contributed by atoms with van der Waals surface area (Å²) < 4.78 is 14.0. The first-order chi connectivity index (χ1) is 10.9. The smallest absolute Gasteiger partial charge is 0.314 e. The molecule has 1 heterocycles. The lowest BCUT2D eigenvalue weighted by Crippen LogP contribution is -2.12. The summed E-state index contributed by atoms with van der Waals surface area (Å²) in [4.78, 5) is 16.5. The summed E-state index contributed by atoms with van der Waals surface area (Å²) in [7, 11) is 3.74. The first kappa shape index (κ1) is 16.8. The number of hydrogen-bond donors (Lipinski definition) is 1. The molecular formula is C16H19FN4O2. The molecule has 1 aromatic heterocycles. The predicted octanol–water partition coefficient (Wildman–Crippen LogP) is 3.11. The van der Waals surface area contributed by atoms with Gasteiger partial charge in [-0.1, -0.05) is 12.1 Å². The molecule has 1 N–H and O–H groups in total. The molecule has 0 aliphatic heterocycles. The molecule has 2 aromatic rings. The van der Waals surface area contributed by atoms with E-state index >= 15 is 0 Å². The molecule has 23 heavy (non-hydrogen) atoms. The Morgan fingerprint density at radius 1 is 1.35 bits per heavy atom. The molecule has 0 bridgehead atoms. The van der Waals surface area contributed by atoms with Crippen molar-refractivity contribution in [2.75, 3.05) is 19.4 Å². The van der Waals surface area contributed by atoms with Crippen LogP contribution in [0.4, 0.5) is 15.9 Å². The molecule has 0 atom stereocenters. The van der Waals surface area contributed by atoms with Crippen LogP contribution in [0.15, 0.2) is 30.5 Å². The van der Waals surface area contributed by atoms with Gasteiger partial charge in [0.05, 0.1) is 4.92 Å². The van der Waals surface area contributed by atoms with Gasteiger partial charge in [0, 0.05) is 30.4 Å². The first-order valence-corrected chi connectivity index (χ1v) is 7.14. The molecule has 2 rings (SSSR count). The quantitative estimate of drug-likeness (QED) is 0.654. The molecule has 0 saturated carbocycles. The van der Waals surface area contributed by atoms with E-state index in [4.69, 9.17) is 0 Å². The normalized spacial score (nSPS) is 10.8. The van der Waals surface area contributed by atoms with E-state index in [-0.39, 0.29) is 23.9 Å². The molecule has 0 aliphatic rings. The summed E-state index contributed by atoms with van der Waals surface area (Å²) >= 11 is 0. The Balaban J connectivity index is 2.14. The molecule has 0 spiro atoms. The molecule has 0 saturated heterocycles. The van der Waals surface area contributed by atoms with E-state index < -0.39 is 4.92 Å². The zero-order valence-electron chi connectivity index (χ0n) is 13.3. The molecule has 0 fully saturated rings. The average molecular weight is 318 g/mol. The monoisotopic (exact) mass is 318 g/mol. The molecule has 7 heteroatoms. The van der Waals surface area contributed by atoms with E-state index in [1.165, 1.54) is 12.3 Å². The highest BCUT2D eigenvalue weighted by atomic mass is 19.1. The van der Waals surface area contributed by atoms with Crippen LogP contribution in [0.5, 0.6) is 0 Å². The number of rotatable bonds is 6. The van der Waals surface area contributed by atoms with Gasteiger partial charge in [-0.2, -0.15) is 0 Å². The van der Waals surface area contributed by atoms with Crippen molar-refractivity contribution < 1.29 is 9.31 Å². The number of nitrogens with one attached hydrogen (secondary N) is 1. The third-order valence-electron chi connectivity index (χ3n) is 3.37. The van der Waals surface area contributed by atoms with Gasteiger partial charge in [0.25, 0.3) is 0 Å². The molecule has 6 nitrogen and oxygen atoms in total. The second-order valence-electron chi connectivity index (χ2n) is 5.60. The van der Waals surface area contributed by atoms with Crippen LogP contribution >= 0.6 is 0 Å². The minimum absolute atomic E-state index is 0.0581. The van der Waals surface area contributed by atoms with Crippen molar-refractivity contribution in [3.05, 3.63) is 63.1 Å². The minimum atomic E-state index is -0.467. The zero-order valence-corrected chi connectivity index (χ0v) is 13.3. The van der Waals surface area contributed by atoms with Gasteiger partial charge in [-0.3, -0.25) is 10.1 Å². The van der Waals surface area contributed by atoms with Crippen molar-refractivity contribution in [3.63, 3.8) is 0 Å². The average Bonchev–Trinajstić information content (AvgIpc) is 2.46. The Morgan fingerprint density at radius 3 is 2.70 bits per heavy atom. The number of aryl methyl sites for hydroxylation is 1. The first-order valence-electron chi connectivity index (χ1n) is 7.14. The van der Waals surface area contributed by atoms with E-state index in [9.17, 15) is 14.5 Å². The van der Waals surface area contributed by atoms with Crippen molar-refractivity contribution in [1.82, 2.24) is 9.88 Å². The summed E-state index contributed by atoms with van der Waals surface area (Å²) in [5, 5.41) is 14.0. The van der Waals surface area contributed by atoms with E-state index in [0.717, 1.165) is 0 Å². The number of benzene rings is 1. The third-order valence-corrected chi connectivity index (χ3v) is 3.37. The van der Waals surface area contributed by atoms with Crippen LogP contribution in [-0.2, 0) is 13.1 Å². The molecular weight excluding hydrogens is 299 g/mol. The van der Waals surface area contributed by atoms with E-state index in [1.807, 2.05) is 19.0 Å². The van der Waals surface area contributed by atoms with Crippen LogP contribution in [0.1, 0.15) is 16.7 Å². The number of aromatic nitrogens is 1. The zero-order chi connectivity index (χ0) is 17.0. The van der Waals surface area contributed by atoms with Crippen molar-refractivity contribution in [2.45, 2.75) is 20.0 Å². The molecule has 0 amide bonds. The highest BCUT2D eigenvalue weighted by Gasteiger charge is 2.18. The van der Waals surface area contributed by atoms with Gasteiger partial charge in [-0.25, -0.2) is 9.37 Å². The summed E-state index contributed by atoms with van der Waals surface area (Å²) in [6.45, 7) is 2.43. The van der Waals surface area contributed by atoms with Crippen molar-refractivity contribution in [3.8, 4) is 0 Å². The van der Waals surface area contributed by atoms with Gasteiger partial charge in [0.2, 0.25) is 5.82 Å². The second kappa shape index (κ2) is 7.15. The molecule has 0 unspecified atom stereocenters. The Kier molecular flexibility index (Phi) is 5.23. The Labute approximate surface area is 134 Å². The van der Waals surface area contributed by atoms with Crippen LogP contribution < -0.4 is 5.32 Å². The van der Waals surface area contributed by atoms with E-state index in [2.05, 4.69) is 10.3 Å². The maximum atomic E-state index is 14.0. The van der Waals surface area contributed by atoms with Gasteiger partial charge in [0.1, 0.15) is 5.82 Å². The SMILES string of the molecule is Cc1ccnc(NCc2ccc(CN(C)C)c(F)c2)c1[N+](=O)[O-]. The van der Waals surface area contributed by atoms with Crippen molar-refractivity contribution in [1.29, 1.82) is 0 Å². The molecule has 0 aliphatic carbocycles. The topological polar surface area (TPSA) is 71.3 Å². The summed E-state index contributed by atoms with van der Waals surface area (Å²) in [6, 6.07) is 6.55. The number of nitrogens with zero attached hydrogens (tertiary/aromatic N) is 3. The summed E-state index contributed by atoms with van der Waals surface area (Å²) in [5.74, 6) is -0.0996. The highest BCUT2D eigenvalue weighted by molar-refractivity contribution is 5.59. The van der Waals surface area contributed by atoms with Crippen LogP contribution in [0.2, 0.25) is 0 Å². The lowest BCUT2D eigenvalue weighted by atomic mass is 10.1. The van der Waals surface area contributed by atoms with Gasteiger partial charge < -0.3 is 10.2 Å². The van der Waals surface area contributed by atoms with Gasteiger partial charge in [0.15, 0.2) is 0 Å². The highest BCUT2D eigenvalue weighted by Crippen LogP contribution is 2.26. The van der Waals surface area contributed by atoms with Crippen LogP contribution in [0.3, 0.4) is 0 Å². The lowest BCUT2D eigenvalue weighted by molar-refractivity contribution is -0.384. The summed E-state index contributed by atoms with van der Waals surface area (Å²) in [6.07, 6.45) is 1.51. The van der Waals surface area contributed by atoms with Crippen LogP contribution in [0, 0.1) is 22.9 Å². The maximum Gasteiger partial charge on any atom is 0.314 e. The van der Waals surface area contributed by atoms with Gasteiger partial charge >= 0.3 is 5.69 Å². The number of hydrogen-bond acceptors (Lipinski definition) is 5. The molecule has 0 radical (unpaired) electrons. The fourth-order valence-corrected chi connectivity index (χ4v) is 2.27. The number of halogens is 1. The fraction of sp³-hybridized carbons (Fsp3) is 0.312. The second-order valence-corrected chi connectivity index (χ2v) is 5.60. The Bertz CT molecular complexity index is 719.